The number of hydrogen-bond acceptors (Lipinski definition) is 9. The normalized spacial score (nSPS) is 16.5. The molecular formula is C28H28N8OS. The summed E-state index contributed by atoms with van der Waals surface area (Å²) in [7, 11) is 0. The van der Waals surface area contributed by atoms with E-state index >= 15 is 0 Å². The molecule has 1 fully saturated rings. The van der Waals surface area contributed by atoms with Crippen molar-refractivity contribution >= 4 is 50.3 Å². The Labute approximate surface area is 224 Å². The maximum absolute atomic E-state index is 11.3. The molecule has 2 aliphatic rings. The van der Waals surface area contributed by atoms with Gasteiger partial charge in [-0.2, -0.15) is 0 Å². The van der Waals surface area contributed by atoms with Gasteiger partial charge in [0.15, 0.2) is 12.0 Å². The highest BCUT2D eigenvalue weighted by Gasteiger charge is 2.31. The first-order valence-corrected chi connectivity index (χ1v) is 13.4. The molecule has 10 heteroatoms. The number of aliphatic hydroxyl groups excluding tert-OH is 1. The first kappa shape index (κ1) is 24.2. The van der Waals surface area contributed by atoms with Gasteiger partial charge in [0.2, 0.25) is 0 Å². The minimum Gasteiger partial charge on any atom is -0.379 e. The molecule has 1 saturated carbocycles. The summed E-state index contributed by atoms with van der Waals surface area (Å²) >= 11 is 1.45. The fraction of sp³-hybridized carbons (Fsp3) is 0.250. The van der Waals surface area contributed by atoms with E-state index in [-0.39, 0.29) is 5.92 Å². The van der Waals surface area contributed by atoms with E-state index in [0.717, 1.165) is 51.7 Å². The van der Waals surface area contributed by atoms with E-state index in [1.54, 1.807) is 0 Å². The number of hydrogen-bond donors (Lipinski definition) is 5. The Morgan fingerprint density at radius 3 is 2.74 bits per heavy atom. The number of amidine groups is 1. The molecule has 1 atom stereocenters. The van der Waals surface area contributed by atoms with Crippen LogP contribution in [-0.4, -0.2) is 31.6 Å². The van der Waals surface area contributed by atoms with Crippen LogP contribution < -0.4 is 16.0 Å². The summed E-state index contributed by atoms with van der Waals surface area (Å²) in [6, 6.07) is 11.8. The largest absolute Gasteiger partial charge is 0.379 e. The summed E-state index contributed by atoms with van der Waals surface area (Å²) in [6.45, 7) is 4.49. The Kier molecular flexibility index (Phi) is 6.34. The second-order valence-electron chi connectivity index (χ2n) is 9.60. The molecule has 4 heterocycles. The summed E-state index contributed by atoms with van der Waals surface area (Å²) in [5.74, 6) is 1.56. The minimum absolute atomic E-state index is 0.238. The van der Waals surface area contributed by atoms with Crippen molar-refractivity contribution in [3.8, 4) is 0 Å². The molecule has 0 bridgehead atoms. The fourth-order valence-electron chi connectivity index (χ4n) is 4.50. The minimum atomic E-state index is -1.03. The number of rotatable bonds is 9. The van der Waals surface area contributed by atoms with Crippen LogP contribution in [0.4, 0.5) is 17.2 Å². The molecule has 0 saturated heterocycles. The Bertz CT molecular complexity index is 1600. The van der Waals surface area contributed by atoms with Gasteiger partial charge < -0.3 is 26.5 Å². The zero-order chi connectivity index (χ0) is 26.2. The zero-order valence-electron chi connectivity index (χ0n) is 21.1. The van der Waals surface area contributed by atoms with Crippen molar-refractivity contribution in [3.63, 3.8) is 0 Å². The first-order chi connectivity index (χ1) is 18.5. The number of aryl methyl sites for hydroxylation is 1. The average Bonchev–Trinajstić information content (AvgIpc) is 3.65. The number of thiophene rings is 1. The average molecular weight is 525 g/mol. The van der Waals surface area contributed by atoms with Crippen molar-refractivity contribution in [1.29, 1.82) is 5.41 Å². The van der Waals surface area contributed by atoms with Crippen molar-refractivity contribution in [2.24, 2.45) is 10.9 Å². The molecule has 1 aliphatic heterocycles. The third-order valence-electron chi connectivity index (χ3n) is 6.58. The third kappa shape index (κ3) is 4.88. The van der Waals surface area contributed by atoms with Crippen molar-refractivity contribution in [2.75, 3.05) is 10.6 Å². The number of nitrogens with one attached hydrogen (secondary N) is 4. The van der Waals surface area contributed by atoms with E-state index in [1.165, 1.54) is 17.7 Å². The predicted octanol–water partition coefficient (Wildman–Crippen LogP) is 5.42. The maximum Gasteiger partial charge on any atom is 0.175 e. The van der Waals surface area contributed by atoms with Gasteiger partial charge in [0.25, 0.3) is 0 Å². The third-order valence-corrected chi connectivity index (χ3v) is 7.56. The molecule has 6 rings (SSSR count). The van der Waals surface area contributed by atoms with E-state index in [0.29, 0.717) is 34.8 Å². The summed E-state index contributed by atoms with van der Waals surface area (Å²) in [5.41, 5.74) is 7.15. The lowest BCUT2D eigenvalue weighted by Crippen LogP contribution is -2.29. The van der Waals surface area contributed by atoms with E-state index in [9.17, 15) is 5.11 Å². The van der Waals surface area contributed by atoms with Crippen LogP contribution in [0.3, 0.4) is 0 Å². The molecule has 0 spiro atoms. The van der Waals surface area contributed by atoms with Crippen LogP contribution >= 0.6 is 11.3 Å². The van der Waals surface area contributed by atoms with Crippen LogP contribution in [0.1, 0.15) is 48.5 Å². The Morgan fingerprint density at radius 1 is 1.18 bits per heavy atom. The molecule has 38 heavy (non-hydrogen) atoms. The Morgan fingerprint density at radius 2 is 1.97 bits per heavy atom. The van der Waals surface area contributed by atoms with Crippen LogP contribution in [0, 0.1) is 18.3 Å². The van der Waals surface area contributed by atoms with Crippen LogP contribution in [-0.2, 0) is 6.54 Å². The molecule has 5 N–H and O–H groups in total. The molecule has 4 aromatic rings. The second-order valence-corrected chi connectivity index (χ2v) is 10.5. The van der Waals surface area contributed by atoms with E-state index in [4.69, 9.17) is 5.41 Å². The van der Waals surface area contributed by atoms with Crippen molar-refractivity contribution in [1.82, 2.24) is 20.3 Å². The molecular weight excluding hydrogens is 496 g/mol. The number of benzene rings is 1. The van der Waals surface area contributed by atoms with Gasteiger partial charge in [0.1, 0.15) is 12.2 Å². The van der Waals surface area contributed by atoms with E-state index < -0.39 is 6.23 Å². The van der Waals surface area contributed by atoms with Gasteiger partial charge in [-0.3, -0.25) is 4.98 Å². The first-order valence-electron chi connectivity index (χ1n) is 12.5. The van der Waals surface area contributed by atoms with Crippen LogP contribution in [0.2, 0.25) is 0 Å². The van der Waals surface area contributed by atoms with Gasteiger partial charge in [-0.1, -0.05) is 12.1 Å². The van der Waals surface area contributed by atoms with Gasteiger partial charge in [-0.05, 0) is 57.0 Å². The van der Waals surface area contributed by atoms with Crippen molar-refractivity contribution in [2.45, 2.75) is 39.5 Å². The number of fused-ring (bicyclic) bond motifs is 1. The Balaban J connectivity index is 1.29. The lowest BCUT2D eigenvalue weighted by atomic mass is 10.0. The number of pyridine rings is 1. The second kappa shape index (κ2) is 9.96. The molecule has 0 radical (unpaired) electrons. The quantitative estimate of drug-likeness (QED) is 0.146. The van der Waals surface area contributed by atoms with E-state index in [1.807, 2.05) is 61.7 Å². The number of nitrogens with zero attached hydrogens (tertiary/aromatic N) is 4. The Hall–Kier alpha value is -4.15. The highest BCUT2D eigenvalue weighted by Crippen LogP contribution is 2.39. The van der Waals surface area contributed by atoms with Gasteiger partial charge >= 0.3 is 0 Å². The molecule has 1 aliphatic carbocycles. The number of anilines is 2. The SMILES string of the molecule is CC1=CC(=Nc2ncnc3c(C(O)Nc4cccc(NCc5cccc(C)n5)c4C(=N)C4CC4)csc23)N1. The highest BCUT2D eigenvalue weighted by atomic mass is 32.1. The molecule has 3 aromatic heterocycles. The molecule has 9 nitrogen and oxygen atoms in total. The van der Waals surface area contributed by atoms with Crippen molar-refractivity contribution < 1.29 is 5.11 Å². The topological polar surface area (TPSA) is 131 Å². The van der Waals surface area contributed by atoms with Crippen molar-refractivity contribution in [3.05, 3.63) is 82.4 Å². The molecule has 1 unspecified atom stereocenters. The van der Waals surface area contributed by atoms with Crippen LogP contribution in [0.15, 0.2) is 64.9 Å². The van der Waals surface area contributed by atoms with Crippen LogP contribution in [0.5, 0.6) is 0 Å². The van der Waals surface area contributed by atoms with Gasteiger partial charge in [0, 0.05) is 50.9 Å². The predicted molar refractivity (Wildman–Crippen MR) is 152 cm³/mol. The number of aliphatic hydroxyl groups is 1. The maximum atomic E-state index is 11.3. The van der Waals surface area contributed by atoms with Gasteiger partial charge in [-0.15, -0.1) is 11.3 Å². The lowest BCUT2D eigenvalue weighted by Gasteiger charge is -2.21. The number of allylic oxidation sites excluding steroid dienone is 1. The van der Waals surface area contributed by atoms with E-state index in [2.05, 4.69) is 35.9 Å². The monoisotopic (exact) mass is 524 g/mol. The molecule has 1 aromatic carbocycles. The number of aromatic nitrogens is 3. The molecule has 0 amide bonds. The summed E-state index contributed by atoms with van der Waals surface area (Å²) in [4.78, 5) is 17.9. The highest BCUT2D eigenvalue weighted by molar-refractivity contribution is 7.18. The smallest absolute Gasteiger partial charge is 0.175 e. The number of aliphatic imine (C=N–C) groups is 1. The zero-order valence-corrected chi connectivity index (χ0v) is 21.9. The molecule has 192 valence electrons. The fourth-order valence-corrected chi connectivity index (χ4v) is 5.47. The standard InChI is InChI=1S/C28H28N8OS/c1-15-5-3-6-18(33-15)12-30-20-7-4-8-21(23(20)24(29)17-9-10-17)35-28(37)19-13-38-26-25(19)31-14-32-27(26)36-22-11-16(2)34-22/h3-8,11,13-14,17,28-30,35,37H,9-10,12H2,1-2H3,(H,31,32,34,36). The summed E-state index contributed by atoms with van der Waals surface area (Å²) in [6.07, 6.45) is 4.41. The summed E-state index contributed by atoms with van der Waals surface area (Å²) in [5, 5.41) is 31.9. The lowest BCUT2D eigenvalue weighted by molar-refractivity contribution is 0.210. The summed E-state index contributed by atoms with van der Waals surface area (Å²) < 4.78 is 0.808. The van der Waals surface area contributed by atoms with Crippen LogP contribution in [0.25, 0.3) is 10.2 Å². The van der Waals surface area contributed by atoms with Gasteiger partial charge in [-0.25, -0.2) is 15.0 Å². The van der Waals surface area contributed by atoms with Gasteiger partial charge in [0.05, 0.1) is 22.5 Å².